The number of carbonyl (C=O) groups excluding carboxylic acids is 1. The lowest BCUT2D eigenvalue weighted by Gasteiger charge is -2.14. The number of amides is 1. The first-order valence-corrected chi connectivity index (χ1v) is 13.5. The molecule has 0 aliphatic rings. The van der Waals surface area contributed by atoms with Crippen molar-refractivity contribution in [1.82, 2.24) is 9.88 Å². The molecule has 204 valence electrons. The summed E-state index contributed by atoms with van der Waals surface area (Å²) in [5.74, 6) is -1.02. The van der Waals surface area contributed by atoms with Crippen molar-refractivity contribution >= 4 is 15.7 Å². The number of sulfone groups is 1. The van der Waals surface area contributed by atoms with Gasteiger partial charge in [-0.3, -0.25) is 14.2 Å². The van der Waals surface area contributed by atoms with Gasteiger partial charge in [-0.15, -0.1) is 0 Å². The van der Waals surface area contributed by atoms with Gasteiger partial charge in [0.05, 0.1) is 27.8 Å². The minimum Gasteiger partial charge on any atom is -0.348 e. The van der Waals surface area contributed by atoms with E-state index in [-0.39, 0.29) is 28.4 Å². The fraction of sp³-hybridized carbons (Fsp3) is 0.138. The number of carbonyl (C=O) groups is 1. The lowest BCUT2D eigenvalue weighted by atomic mass is 10.1. The third kappa shape index (κ3) is 6.30. The van der Waals surface area contributed by atoms with Crippen molar-refractivity contribution in [3.05, 3.63) is 129 Å². The molecule has 1 heterocycles. The molecule has 0 aliphatic heterocycles. The lowest BCUT2D eigenvalue weighted by Crippen LogP contribution is -2.33. The molecular formula is C29H22F3N3O4S. The van der Waals surface area contributed by atoms with Gasteiger partial charge in [-0.05, 0) is 72.6 Å². The Labute approximate surface area is 228 Å². The highest BCUT2D eigenvalue weighted by Gasteiger charge is 2.30. The molecule has 4 rings (SSSR count). The first kappa shape index (κ1) is 28.3. The van der Waals surface area contributed by atoms with E-state index in [4.69, 9.17) is 5.26 Å². The van der Waals surface area contributed by atoms with Crippen molar-refractivity contribution in [2.45, 2.75) is 30.3 Å². The molecule has 0 saturated carbocycles. The number of hydrogen-bond donors (Lipinski definition) is 1. The molecule has 11 heteroatoms. The predicted molar refractivity (Wildman–Crippen MR) is 141 cm³/mol. The van der Waals surface area contributed by atoms with Crippen LogP contribution in [0.1, 0.15) is 38.3 Å². The van der Waals surface area contributed by atoms with Gasteiger partial charge in [0.15, 0.2) is 9.84 Å². The molecule has 1 aromatic heterocycles. The van der Waals surface area contributed by atoms with Crippen LogP contribution >= 0.6 is 0 Å². The number of halogens is 3. The van der Waals surface area contributed by atoms with Crippen molar-refractivity contribution in [1.29, 1.82) is 5.26 Å². The van der Waals surface area contributed by atoms with Gasteiger partial charge < -0.3 is 5.32 Å². The summed E-state index contributed by atoms with van der Waals surface area (Å²) in [6.07, 6.45) is -4.60. The number of hydrogen-bond acceptors (Lipinski definition) is 5. The number of rotatable bonds is 7. The Bertz CT molecular complexity index is 1790. The zero-order chi connectivity index (χ0) is 29.1. The molecule has 0 aliphatic carbocycles. The minimum atomic E-state index is -4.60. The van der Waals surface area contributed by atoms with Crippen molar-refractivity contribution in [3.63, 3.8) is 0 Å². The molecule has 4 aromatic rings. The molecule has 0 radical (unpaired) electrons. The summed E-state index contributed by atoms with van der Waals surface area (Å²) in [5.41, 5.74) is -0.254. The van der Waals surface area contributed by atoms with Gasteiger partial charge in [0.2, 0.25) is 0 Å². The Morgan fingerprint density at radius 2 is 1.65 bits per heavy atom. The van der Waals surface area contributed by atoms with Crippen LogP contribution in [-0.2, 0) is 28.3 Å². The number of aromatic nitrogens is 1. The minimum absolute atomic E-state index is 0.0249. The van der Waals surface area contributed by atoms with Gasteiger partial charge in [-0.25, -0.2) is 8.42 Å². The molecule has 3 aromatic carbocycles. The zero-order valence-electron chi connectivity index (χ0n) is 21.1. The van der Waals surface area contributed by atoms with E-state index in [1.807, 2.05) is 6.07 Å². The first-order valence-electron chi connectivity index (χ1n) is 11.9. The Hall–Kier alpha value is -4.69. The van der Waals surface area contributed by atoms with E-state index in [2.05, 4.69) is 5.32 Å². The smallest absolute Gasteiger partial charge is 0.348 e. The molecular weight excluding hydrogens is 543 g/mol. The van der Waals surface area contributed by atoms with Crippen LogP contribution < -0.4 is 10.9 Å². The lowest BCUT2D eigenvalue weighted by molar-refractivity contribution is -0.137. The first-order chi connectivity index (χ1) is 18.9. The molecule has 0 spiro atoms. The second-order valence-electron chi connectivity index (χ2n) is 8.97. The highest BCUT2D eigenvalue weighted by Crippen LogP contribution is 2.30. The number of benzene rings is 3. The standard InChI is InChI=1S/C29H22F3N3O4S/c1-19-8-13-26(28(37)35(19)24-7-3-6-23(15-24)29(30,31)32)27(36)34-17-20-9-11-25(12-10-20)40(38,39)18-22-5-2-4-21(14-22)16-33/h2-15H,17-18H2,1H3,(H,34,36). The Morgan fingerprint density at radius 3 is 2.33 bits per heavy atom. The van der Waals surface area contributed by atoms with E-state index >= 15 is 0 Å². The fourth-order valence-electron chi connectivity index (χ4n) is 4.07. The van der Waals surface area contributed by atoms with Gasteiger partial charge in [-0.1, -0.05) is 30.3 Å². The van der Waals surface area contributed by atoms with Gasteiger partial charge in [0, 0.05) is 17.9 Å². The molecule has 0 atom stereocenters. The second-order valence-corrected chi connectivity index (χ2v) is 11.0. The maximum Gasteiger partial charge on any atom is 0.416 e. The summed E-state index contributed by atoms with van der Waals surface area (Å²) in [6, 6.07) is 21.2. The topological polar surface area (TPSA) is 109 Å². The maximum absolute atomic E-state index is 13.2. The van der Waals surface area contributed by atoms with Crippen molar-refractivity contribution in [2.75, 3.05) is 0 Å². The van der Waals surface area contributed by atoms with Gasteiger partial charge >= 0.3 is 6.18 Å². The number of pyridine rings is 1. The molecule has 0 bridgehead atoms. The summed E-state index contributed by atoms with van der Waals surface area (Å²) in [6.45, 7) is 1.51. The summed E-state index contributed by atoms with van der Waals surface area (Å²) < 4.78 is 66.2. The molecule has 1 amide bonds. The van der Waals surface area contributed by atoms with Crippen LogP contribution in [0, 0.1) is 18.3 Å². The van der Waals surface area contributed by atoms with Crippen LogP contribution in [0.25, 0.3) is 5.69 Å². The summed E-state index contributed by atoms with van der Waals surface area (Å²) in [4.78, 5) is 26.0. The summed E-state index contributed by atoms with van der Waals surface area (Å²) >= 11 is 0. The molecule has 40 heavy (non-hydrogen) atoms. The van der Waals surface area contributed by atoms with Crippen molar-refractivity contribution in [3.8, 4) is 11.8 Å². The number of nitriles is 1. The Balaban J connectivity index is 1.49. The monoisotopic (exact) mass is 565 g/mol. The highest BCUT2D eigenvalue weighted by atomic mass is 32.2. The van der Waals surface area contributed by atoms with Gasteiger partial charge in [0.25, 0.3) is 11.5 Å². The van der Waals surface area contributed by atoms with Gasteiger partial charge in [0.1, 0.15) is 5.56 Å². The van der Waals surface area contributed by atoms with Crippen molar-refractivity contribution in [2.24, 2.45) is 0 Å². The Morgan fingerprint density at radius 1 is 0.950 bits per heavy atom. The van der Waals surface area contributed by atoms with Crippen LogP contribution in [-0.4, -0.2) is 18.9 Å². The average Bonchev–Trinajstić information content (AvgIpc) is 2.91. The average molecular weight is 566 g/mol. The zero-order valence-corrected chi connectivity index (χ0v) is 21.9. The SMILES string of the molecule is Cc1ccc(C(=O)NCc2ccc(S(=O)(=O)Cc3cccc(C#N)c3)cc2)c(=O)n1-c1cccc(C(F)(F)F)c1. The van der Waals surface area contributed by atoms with Gasteiger partial charge in [-0.2, -0.15) is 18.4 Å². The highest BCUT2D eigenvalue weighted by molar-refractivity contribution is 7.90. The predicted octanol–water partition coefficient (Wildman–Crippen LogP) is 4.94. The van der Waals surface area contributed by atoms with E-state index in [0.29, 0.717) is 22.4 Å². The van der Waals surface area contributed by atoms with E-state index in [0.717, 1.165) is 16.7 Å². The molecule has 0 unspecified atom stereocenters. The fourth-order valence-corrected chi connectivity index (χ4v) is 5.41. The maximum atomic E-state index is 13.2. The van der Waals surface area contributed by atoms with Crippen LogP contribution in [0.5, 0.6) is 0 Å². The number of nitrogens with zero attached hydrogens (tertiary/aromatic N) is 2. The van der Waals surface area contributed by atoms with Crippen LogP contribution in [0.15, 0.2) is 94.6 Å². The quantitative estimate of drug-likeness (QED) is 0.342. The third-order valence-corrected chi connectivity index (χ3v) is 7.81. The van der Waals surface area contributed by atoms with E-state index < -0.39 is 33.0 Å². The van der Waals surface area contributed by atoms with Crippen LogP contribution in [0.2, 0.25) is 0 Å². The largest absolute Gasteiger partial charge is 0.416 e. The van der Waals surface area contributed by atoms with E-state index in [1.165, 1.54) is 54.6 Å². The van der Waals surface area contributed by atoms with Crippen molar-refractivity contribution < 1.29 is 26.4 Å². The number of nitrogens with one attached hydrogen (secondary N) is 1. The van der Waals surface area contributed by atoms with Crippen LogP contribution in [0.3, 0.4) is 0 Å². The van der Waals surface area contributed by atoms with Crippen LogP contribution in [0.4, 0.5) is 13.2 Å². The number of alkyl halides is 3. The Kier molecular flexibility index (Phi) is 7.93. The van der Waals surface area contributed by atoms with E-state index in [9.17, 15) is 31.2 Å². The molecule has 0 saturated heterocycles. The third-order valence-electron chi connectivity index (χ3n) is 6.10. The summed E-state index contributed by atoms with van der Waals surface area (Å²) in [7, 11) is -3.69. The summed E-state index contributed by atoms with van der Waals surface area (Å²) in [5, 5.41) is 11.6. The normalized spacial score (nSPS) is 11.6. The number of aryl methyl sites for hydroxylation is 1. The van der Waals surface area contributed by atoms with E-state index in [1.54, 1.807) is 25.1 Å². The molecule has 0 fully saturated rings. The second kappa shape index (κ2) is 11.2. The molecule has 7 nitrogen and oxygen atoms in total. The molecule has 1 N–H and O–H groups in total.